The molecule has 158 valence electrons. The van der Waals surface area contributed by atoms with E-state index in [9.17, 15) is 4.79 Å². The maximum absolute atomic E-state index is 12.1. The van der Waals surface area contributed by atoms with Crippen molar-refractivity contribution in [3.05, 3.63) is 35.9 Å². The topological polar surface area (TPSA) is 56.7 Å². The molecule has 1 saturated heterocycles. The highest BCUT2D eigenvalue weighted by Crippen LogP contribution is 2.20. The second-order valence-electron chi connectivity index (χ2n) is 8.65. The summed E-state index contributed by atoms with van der Waals surface area (Å²) in [4.78, 5) is 18.5. The molecule has 6 heteroatoms. The van der Waals surface area contributed by atoms with Gasteiger partial charge in [0.1, 0.15) is 0 Å². The number of nitrogens with one attached hydrogen (secondary N) is 2. The lowest BCUT2D eigenvalue weighted by Gasteiger charge is -2.34. The zero-order valence-corrected chi connectivity index (χ0v) is 20.3. The van der Waals surface area contributed by atoms with Gasteiger partial charge in [0.2, 0.25) is 5.91 Å². The molecule has 2 N–H and O–H groups in total. The molecule has 0 aromatic heterocycles. The summed E-state index contributed by atoms with van der Waals surface area (Å²) in [5.41, 5.74) is 1.49. The average molecular weight is 500 g/mol. The first-order valence-electron chi connectivity index (χ1n) is 10.1. The highest BCUT2D eigenvalue weighted by Gasteiger charge is 2.25. The van der Waals surface area contributed by atoms with Gasteiger partial charge in [-0.3, -0.25) is 9.79 Å². The first kappa shape index (κ1) is 24.7. The molecule has 1 aromatic carbocycles. The summed E-state index contributed by atoms with van der Waals surface area (Å²) in [7, 11) is 1.82. The molecule has 1 aromatic rings. The molecule has 0 aliphatic carbocycles. The number of hydrogen-bond donors (Lipinski definition) is 2. The Balaban J connectivity index is 0.00000392. The fourth-order valence-electron chi connectivity index (χ4n) is 3.53. The van der Waals surface area contributed by atoms with Crippen LogP contribution in [0, 0.1) is 11.3 Å². The number of aliphatic imine (C=N–C) groups is 1. The van der Waals surface area contributed by atoms with Gasteiger partial charge in [0, 0.05) is 38.6 Å². The first-order valence-corrected chi connectivity index (χ1v) is 10.1. The standard InChI is InChI=1S/C22H36N4O.HI/c1-17(2)20(27)26-13-11-19(12-14-26)25-21(23-5)24-16-22(3,4)15-18-9-7-6-8-10-18;/h6-10,17,19H,11-16H2,1-5H3,(H2,23,24,25);1H. The van der Waals surface area contributed by atoms with Crippen molar-refractivity contribution >= 4 is 35.8 Å². The van der Waals surface area contributed by atoms with E-state index in [1.165, 1.54) is 5.56 Å². The van der Waals surface area contributed by atoms with Gasteiger partial charge in [-0.2, -0.15) is 0 Å². The number of likely N-dealkylation sites (tertiary alicyclic amines) is 1. The van der Waals surface area contributed by atoms with E-state index in [1.54, 1.807) is 0 Å². The van der Waals surface area contributed by atoms with Crippen LogP contribution in [0.25, 0.3) is 0 Å². The van der Waals surface area contributed by atoms with Gasteiger partial charge < -0.3 is 15.5 Å². The number of amides is 1. The minimum Gasteiger partial charge on any atom is -0.356 e. The average Bonchev–Trinajstić information content (AvgIpc) is 2.65. The van der Waals surface area contributed by atoms with Crippen LogP contribution in [0.4, 0.5) is 0 Å². The third kappa shape index (κ3) is 7.97. The minimum absolute atomic E-state index is 0. The molecule has 0 saturated carbocycles. The molecule has 5 nitrogen and oxygen atoms in total. The molecule has 0 unspecified atom stereocenters. The van der Waals surface area contributed by atoms with Crippen LogP contribution in [-0.2, 0) is 11.2 Å². The lowest BCUT2D eigenvalue weighted by molar-refractivity contribution is -0.135. The van der Waals surface area contributed by atoms with Crippen LogP contribution in [0.15, 0.2) is 35.3 Å². The van der Waals surface area contributed by atoms with Crippen LogP contribution in [0.5, 0.6) is 0 Å². The smallest absolute Gasteiger partial charge is 0.225 e. The largest absolute Gasteiger partial charge is 0.356 e. The van der Waals surface area contributed by atoms with Gasteiger partial charge in [-0.15, -0.1) is 24.0 Å². The van der Waals surface area contributed by atoms with E-state index in [1.807, 2.05) is 25.8 Å². The molecule has 1 aliphatic heterocycles. The Kier molecular flexibility index (Phi) is 10.3. The highest BCUT2D eigenvalue weighted by molar-refractivity contribution is 14.0. The Labute approximate surface area is 187 Å². The first-order chi connectivity index (χ1) is 12.8. The number of rotatable bonds is 6. The molecule has 1 heterocycles. The predicted octanol–water partition coefficient (Wildman–Crippen LogP) is 3.69. The third-order valence-electron chi connectivity index (χ3n) is 5.12. The molecule has 0 radical (unpaired) electrons. The number of carbonyl (C=O) groups excluding carboxylic acids is 1. The van der Waals surface area contributed by atoms with E-state index in [0.29, 0.717) is 6.04 Å². The van der Waals surface area contributed by atoms with E-state index in [-0.39, 0.29) is 41.2 Å². The summed E-state index contributed by atoms with van der Waals surface area (Å²) >= 11 is 0. The summed E-state index contributed by atoms with van der Waals surface area (Å²) in [6, 6.07) is 11.0. The van der Waals surface area contributed by atoms with Crippen LogP contribution in [-0.4, -0.2) is 49.5 Å². The summed E-state index contributed by atoms with van der Waals surface area (Å²) < 4.78 is 0. The second kappa shape index (κ2) is 11.6. The van der Waals surface area contributed by atoms with Crippen LogP contribution >= 0.6 is 24.0 Å². The van der Waals surface area contributed by atoms with Crippen molar-refractivity contribution < 1.29 is 4.79 Å². The molecular formula is C22H37IN4O. The monoisotopic (exact) mass is 500 g/mol. The van der Waals surface area contributed by atoms with Gasteiger partial charge in [0.25, 0.3) is 0 Å². The maximum atomic E-state index is 12.1. The van der Waals surface area contributed by atoms with E-state index in [4.69, 9.17) is 0 Å². The lowest BCUT2D eigenvalue weighted by atomic mass is 9.86. The van der Waals surface area contributed by atoms with Crippen molar-refractivity contribution in [2.75, 3.05) is 26.7 Å². The Morgan fingerprint density at radius 2 is 1.82 bits per heavy atom. The van der Waals surface area contributed by atoms with Crippen molar-refractivity contribution in [2.45, 2.75) is 53.0 Å². The zero-order chi connectivity index (χ0) is 19.9. The molecular weight excluding hydrogens is 463 g/mol. The van der Waals surface area contributed by atoms with Crippen LogP contribution in [0.2, 0.25) is 0 Å². The third-order valence-corrected chi connectivity index (χ3v) is 5.12. The van der Waals surface area contributed by atoms with E-state index in [2.05, 4.69) is 59.8 Å². The Morgan fingerprint density at radius 3 is 2.36 bits per heavy atom. The SMILES string of the molecule is CN=C(NCC(C)(C)Cc1ccccc1)NC1CCN(C(=O)C(C)C)CC1.I. The number of halogens is 1. The maximum Gasteiger partial charge on any atom is 0.225 e. The number of benzene rings is 1. The van der Waals surface area contributed by atoms with E-state index >= 15 is 0 Å². The van der Waals surface area contributed by atoms with Crippen LogP contribution < -0.4 is 10.6 Å². The minimum atomic E-state index is 0. The molecule has 0 bridgehead atoms. The van der Waals surface area contributed by atoms with Gasteiger partial charge in [0.15, 0.2) is 5.96 Å². The predicted molar refractivity (Wildman–Crippen MR) is 128 cm³/mol. The van der Waals surface area contributed by atoms with Gasteiger partial charge in [0.05, 0.1) is 0 Å². The summed E-state index contributed by atoms with van der Waals surface area (Å²) in [6.07, 6.45) is 2.95. The summed E-state index contributed by atoms with van der Waals surface area (Å²) in [5.74, 6) is 1.19. The molecule has 0 atom stereocenters. The Bertz CT molecular complexity index is 623. The molecule has 0 spiro atoms. The van der Waals surface area contributed by atoms with Crippen molar-refractivity contribution in [2.24, 2.45) is 16.3 Å². The molecule has 1 amide bonds. The van der Waals surface area contributed by atoms with Crippen molar-refractivity contribution in [1.29, 1.82) is 0 Å². The van der Waals surface area contributed by atoms with E-state index < -0.39 is 0 Å². The summed E-state index contributed by atoms with van der Waals surface area (Å²) in [5, 5.41) is 7.02. The molecule has 2 rings (SSSR count). The summed E-state index contributed by atoms with van der Waals surface area (Å²) in [6.45, 7) is 11.0. The van der Waals surface area contributed by atoms with Gasteiger partial charge in [-0.05, 0) is 30.2 Å². The fraction of sp³-hybridized carbons (Fsp3) is 0.636. The lowest BCUT2D eigenvalue weighted by Crippen LogP contribution is -2.51. The normalized spacial score (nSPS) is 15.9. The number of nitrogens with zero attached hydrogens (tertiary/aromatic N) is 2. The van der Waals surface area contributed by atoms with Gasteiger partial charge >= 0.3 is 0 Å². The highest BCUT2D eigenvalue weighted by atomic mass is 127. The van der Waals surface area contributed by atoms with Gasteiger partial charge in [-0.1, -0.05) is 58.0 Å². The number of carbonyl (C=O) groups is 1. The van der Waals surface area contributed by atoms with Crippen molar-refractivity contribution in [3.8, 4) is 0 Å². The fourth-order valence-corrected chi connectivity index (χ4v) is 3.53. The number of piperidine rings is 1. The zero-order valence-electron chi connectivity index (χ0n) is 18.0. The number of hydrogen-bond acceptors (Lipinski definition) is 2. The molecule has 28 heavy (non-hydrogen) atoms. The van der Waals surface area contributed by atoms with Gasteiger partial charge in [-0.25, -0.2) is 0 Å². The van der Waals surface area contributed by atoms with E-state index in [0.717, 1.165) is 44.9 Å². The van der Waals surface area contributed by atoms with Crippen molar-refractivity contribution in [3.63, 3.8) is 0 Å². The molecule has 1 aliphatic rings. The quantitative estimate of drug-likeness (QED) is 0.356. The Morgan fingerprint density at radius 1 is 1.21 bits per heavy atom. The van der Waals surface area contributed by atoms with Crippen LogP contribution in [0.1, 0.15) is 46.1 Å². The van der Waals surface area contributed by atoms with Crippen molar-refractivity contribution in [1.82, 2.24) is 15.5 Å². The second-order valence-corrected chi connectivity index (χ2v) is 8.65. The Hall–Kier alpha value is -1.31. The van der Waals surface area contributed by atoms with Crippen LogP contribution in [0.3, 0.4) is 0 Å². The number of guanidine groups is 1. The molecule has 1 fully saturated rings.